The van der Waals surface area contributed by atoms with Crippen molar-refractivity contribution in [3.8, 4) is 0 Å². The van der Waals surface area contributed by atoms with Crippen LogP contribution < -0.4 is 0 Å². The van der Waals surface area contributed by atoms with Gasteiger partial charge in [-0.05, 0) is 6.42 Å². The van der Waals surface area contributed by atoms with Crippen LogP contribution in [0, 0.1) is 0 Å². The molecule has 160 valence electrons. The molecule has 0 heterocycles. The number of hydrogen-bond acceptors (Lipinski definition) is 6. The van der Waals surface area contributed by atoms with Gasteiger partial charge in [0, 0.05) is 6.42 Å². The molecule has 0 spiro atoms. The Bertz CT molecular complexity index is 409. The molecule has 0 fully saturated rings. The van der Waals surface area contributed by atoms with E-state index < -0.39 is 16.5 Å². The Hall–Kier alpha value is 0.260. The first-order chi connectivity index (χ1) is 12.2. The van der Waals surface area contributed by atoms with E-state index in [1.807, 2.05) is 0 Å². The Morgan fingerprint density at radius 3 is 1.63 bits per heavy atom. The zero-order chi connectivity index (χ0) is 20.3. The van der Waals surface area contributed by atoms with E-state index in [2.05, 4.69) is 6.92 Å². The van der Waals surface area contributed by atoms with Crippen LogP contribution in [0.2, 0.25) is 0 Å². The molecule has 0 amide bonds. The maximum absolute atomic E-state index is 11.3. The van der Waals surface area contributed by atoms with Crippen molar-refractivity contribution in [1.82, 2.24) is 0 Å². The third-order valence-corrected chi connectivity index (χ3v) is 3.63. The summed E-state index contributed by atoms with van der Waals surface area (Å²) < 4.78 is 36.4. The standard InChI is InChI=1S/C17H34O4.Na.H2O4S.H/c1-2-3-4-5-6-7-8-9-10-11-12-13-17(20)21-15-16(19)14-18;;1-5(2,3)4;/h16,18-19H,2-15H2,1H3;;(H2,1,2,3,4);. The minimum atomic E-state index is -4.67. The predicted octanol–water partition coefficient (Wildman–Crippen LogP) is 2.28. The average molecular weight is 425 g/mol. The van der Waals surface area contributed by atoms with Gasteiger partial charge in [0.15, 0.2) is 0 Å². The Labute approximate surface area is 185 Å². The minimum absolute atomic E-state index is 0. The van der Waals surface area contributed by atoms with Gasteiger partial charge in [-0.15, -0.1) is 0 Å². The number of aliphatic hydroxyl groups excluding tert-OH is 2. The van der Waals surface area contributed by atoms with Gasteiger partial charge in [-0.2, -0.15) is 8.42 Å². The van der Waals surface area contributed by atoms with E-state index >= 15 is 0 Å². The quantitative estimate of drug-likeness (QED) is 0.136. The number of carbonyl (C=O) groups excluding carboxylic acids is 1. The first-order valence-corrected chi connectivity index (χ1v) is 10.7. The van der Waals surface area contributed by atoms with Crippen LogP contribution in [0.15, 0.2) is 0 Å². The second-order valence-corrected chi connectivity index (χ2v) is 7.15. The number of unbranched alkanes of at least 4 members (excludes halogenated alkanes) is 10. The Balaban J connectivity index is -0.000000844. The maximum atomic E-state index is 11.3. The van der Waals surface area contributed by atoms with E-state index in [9.17, 15) is 4.79 Å². The number of aliphatic hydroxyl groups is 2. The molecule has 0 rings (SSSR count). The topological polar surface area (TPSA) is 141 Å². The average Bonchev–Trinajstić information content (AvgIpc) is 2.56. The molecule has 4 N–H and O–H groups in total. The fourth-order valence-corrected chi connectivity index (χ4v) is 2.25. The number of hydrogen-bond donors (Lipinski definition) is 4. The fourth-order valence-electron chi connectivity index (χ4n) is 2.25. The van der Waals surface area contributed by atoms with E-state index in [4.69, 9.17) is 32.5 Å². The SMILES string of the molecule is CCCCCCCCCCCCCC(=O)OCC(O)CO.O=S(=O)(O)O.[NaH]. The normalized spacial score (nSPS) is 11.7. The summed E-state index contributed by atoms with van der Waals surface area (Å²) in [6.45, 7) is 1.77. The number of carbonyl (C=O) groups is 1. The number of rotatable bonds is 15. The molecule has 0 bridgehead atoms. The van der Waals surface area contributed by atoms with Crippen LogP contribution in [0.5, 0.6) is 0 Å². The predicted molar refractivity (Wildman–Crippen MR) is 106 cm³/mol. The summed E-state index contributed by atoms with van der Waals surface area (Å²) in [5.74, 6) is -0.279. The summed E-state index contributed by atoms with van der Waals surface area (Å²) in [6, 6.07) is 0. The van der Waals surface area contributed by atoms with Gasteiger partial charge in [-0.1, -0.05) is 71.1 Å². The van der Waals surface area contributed by atoms with Crippen LogP contribution in [0.4, 0.5) is 0 Å². The Kier molecular flexibility index (Phi) is 26.7. The van der Waals surface area contributed by atoms with Crippen LogP contribution in [-0.2, 0) is 19.9 Å². The van der Waals surface area contributed by atoms with Gasteiger partial charge in [0.05, 0.1) is 6.61 Å². The van der Waals surface area contributed by atoms with Crippen molar-refractivity contribution in [2.24, 2.45) is 0 Å². The van der Waals surface area contributed by atoms with Crippen LogP contribution in [0.1, 0.15) is 84.0 Å². The first kappa shape index (κ1) is 31.9. The van der Waals surface area contributed by atoms with Gasteiger partial charge in [0.1, 0.15) is 12.7 Å². The summed E-state index contributed by atoms with van der Waals surface area (Å²) in [6.07, 6.45) is 13.2. The molecule has 0 aromatic carbocycles. The van der Waals surface area contributed by atoms with Crippen LogP contribution >= 0.6 is 0 Å². The summed E-state index contributed by atoms with van der Waals surface area (Å²) in [5, 5.41) is 17.6. The van der Waals surface area contributed by atoms with Crippen molar-refractivity contribution in [3.63, 3.8) is 0 Å². The molecule has 8 nitrogen and oxygen atoms in total. The van der Waals surface area contributed by atoms with Crippen molar-refractivity contribution in [3.05, 3.63) is 0 Å². The molecule has 0 radical (unpaired) electrons. The van der Waals surface area contributed by atoms with Gasteiger partial charge < -0.3 is 14.9 Å². The fraction of sp³-hybridized carbons (Fsp3) is 0.941. The summed E-state index contributed by atoms with van der Waals surface area (Å²) in [5.41, 5.74) is 0. The number of ether oxygens (including phenoxy) is 1. The molecule has 1 atom stereocenters. The molecule has 0 saturated heterocycles. The molecular formula is C17H37NaO8S. The monoisotopic (exact) mass is 424 g/mol. The molecule has 0 aromatic heterocycles. The van der Waals surface area contributed by atoms with E-state index in [0.29, 0.717) is 6.42 Å². The molecule has 1 unspecified atom stereocenters. The van der Waals surface area contributed by atoms with Crippen molar-refractivity contribution >= 4 is 45.9 Å². The molecular weight excluding hydrogens is 387 g/mol. The molecule has 0 saturated carbocycles. The van der Waals surface area contributed by atoms with Crippen LogP contribution in [-0.4, -0.2) is 82.6 Å². The van der Waals surface area contributed by atoms with Crippen molar-refractivity contribution in [1.29, 1.82) is 0 Å². The molecule has 0 aliphatic heterocycles. The third kappa shape index (κ3) is 37.7. The van der Waals surface area contributed by atoms with E-state index in [1.54, 1.807) is 0 Å². The van der Waals surface area contributed by atoms with Crippen molar-refractivity contribution in [2.75, 3.05) is 13.2 Å². The van der Waals surface area contributed by atoms with Crippen molar-refractivity contribution < 1.29 is 37.3 Å². The summed E-state index contributed by atoms with van der Waals surface area (Å²) in [7, 11) is -4.67. The van der Waals surface area contributed by atoms with E-state index in [-0.39, 0.29) is 48.7 Å². The number of esters is 1. The van der Waals surface area contributed by atoms with E-state index in [1.165, 1.54) is 57.8 Å². The van der Waals surface area contributed by atoms with Crippen LogP contribution in [0.25, 0.3) is 0 Å². The molecule has 10 heteroatoms. The zero-order valence-electron chi connectivity index (χ0n) is 15.8. The first-order valence-electron chi connectivity index (χ1n) is 9.35. The molecule has 0 aromatic rings. The second-order valence-electron chi connectivity index (χ2n) is 6.25. The molecule has 27 heavy (non-hydrogen) atoms. The summed E-state index contributed by atoms with van der Waals surface area (Å²) >= 11 is 0. The van der Waals surface area contributed by atoms with Crippen molar-refractivity contribution in [2.45, 2.75) is 90.1 Å². The van der Waals surface area contributed by atoms with Crippen LogP contribution in [0.3, 0.4) is 0 Å². The van der Waals surface area contributed by atoms with Gasteiger partial charge in [0.25, 0.3) is 0 Å². The van der Waals surface area contributed by atoms with Gasteiger partial charge in [0.2, 0.25) is 0 Å². The van der Waals surface area contributed by atoms with Gasteiger partial charge in [-0.25, -0.2) is 0 Å². The summed E-state index contributed by atoms with van der Waals surface area (Å²) in [4.78, 5) is 11.3. The molecule has 0 aliphatic rings. The second kappa shape index (κ2) is 22.5. The Morgan fingerprint density at radius 1 is 0.889 bits per heavy atom. The zero-order valence-corrected chi connectivity index (χ0v) is 16.6. The Morgan fingerprint density at radius 2 is 1.26 bits per heavy atom. The molecule has 0 aliphatic carbocycles. The van der Waals surface area contributed by atoms with E-state index in [0.717, 1.165) is 12.8 Å². The van der Waals surface area contributed by atoms with Gasteiger partial charge >= 0.3 is 45.9 Å². The third-order valence-electron chi connectivity index (χ3n) is 3.63. The van der Waals surface area contributed by atoms with Gasteiger partial charge in [-0.3, -0.25) is 13.9 Å².